The number of nitrogens with zero attached hydrogens (tertiary/aromatic N) is 1. The van der Waals surface area contributed by atoms with Crippen LogP contribution in [0.3, 0.4) is 0 Å². The second kappa shape index (κ2) is 7.40. The minimum atomic E-state index is -0.0191. The Kier molecular flexibility index (Phi) is 5.05. The molecule has 6 heteroatoms. The standard InChI is InChI=1S/C18H19N3O2S/c1-12(13-6-4-3-5-7-13)19-17(22)11-24-18-20-15-9-8-14(23-2)10-16(15)21-18/h3-10,12H,11H2,1-2H3,(H,19,22)(H,20,21)/t12-/m0/s1. The lowest BCUT2D eigenvalue weighted by Gasteiger charge is -2.13. The molecule has 0 fully saturated rings. The SMILES string of the molecule is COc1ccc2nc(SCC(=O)N[C@@H](C)c3ccccc3)[nH]c2c1. The van der Waals surface area contributed by atoms with E-state index < -0.39 is 0 Å². The summed E-state index contributed by atoms with van der Waals surface area (Å²) in [5.41, 5.74) is 2.85. The predicted octanol–water partition coefficient (Wildman–Crippen LogP) is 3.54. The number of hydrogen-bond donors (Lipinski definition) is 2. The molecule has 0 radical (unpaired) electrons. The predicted molar refractivity (Wildman–Crippen MR) is 96.4 cm³/mol. The van der Waals surface area contributed by atoms with Crippen molar-refractivity contribution >= 4 is 28.7 Å². The van der Waals surface area contributed by atoms with Crippen molar-refractivity contribution in [3.63, 3.8) is 0 Å². The molecule has 3 rings (SSSR count). The molecule has 0 bridgehead atoms. The maximum atomic E-state index is 12.1. The van der Waals surface area contributed by atoms with Crippen LogP contribution < -0.4 is 10.1 Å². The van der Waals surface area contributed by atoms with E-state index in [1.165, 1.54) is 11.8 Å². The first kappa shape index (κ1) is 16.4. The molecule has 0 spiro atoms. The maximum Gasteiger partial charge on any atom is 0.230 e. The Morgan fingerprint density at radius 3 is 2.83 bits per heavy atom. The molecule has 1 amide bonds. The minimum absolute atomic E-state index is 0.0146. The van der Waals surface area contributed by atoms with Gasteiger partial charge in [-0.15, -0.1) is 0 Å². The first-order valence-corrected chi connectivity index (χ1v) is 8.65. The highest BCUT2D eigenvalue weighted by molar-refractivity contribution is 7.99. The fourth-order valence-electron chi connectivity index (χ4n) is 2.40. The van der Waals surface area contributed by atoms with E-state index in [1.807, 2.05) is 55.5 Å². The van der Waals surface area contributed by atoms with Crippen LogP contribution in [-0.4, -0.2) is 28.7 Å². The molecule has 0 unspecified atom stereocenters. The van der Waals surface area contributed by atoms with Crippen molar-refractivity contribution in [2.24, 2.45) is 0 Å². The Balaban J connectivity index is 1.58. The van der Waals surface area contributed by atoms with Crippen molar-refractivity contribution in [3.05, 3.63) is 54.1 Å². The number of hydrogen-bond acceptors (Lipinski definition) is 4. The normalized spacial score (nSPS) is 12.1. The Morgan fingerprint density at radius 1 is 1.29 bits per heavy atom. The molecule has 0 aliphatic rings. The lowest BCUT2D eigenvalue weighted by molar-refractivity contribution is -0.119. The van der Waals surface area contributed by atoms with Crippen LogP contribution in [0.25, 0.3) is 11.0 Å². The molecule has 0 aliphatic carbocycles. The van der Waals surface area contributed by atoms with E-state index in [2.05, 4.69) is 15.3 Å². The van der Waals surface area contributed by atoms with E-state index in [1.54, 1.807) is 7.11 Å². The van der Waals surface area contributed by atoms with Gasteiger partial charge in [0.2, 0.25) is 5.91 Å². The molecule has 0 saturated heterocycles. The number of ether oxygens (including phenoxy) is 1. The molecular formula is C18H19N3O2S. The number of aromatic amines is 1. The van der Waals surface area contributed by atoms with Crippen molar-refractivity contribution in [1.29, 1.82) is 0 Å². The summed E-state index contributed by atoms with van der Waals surface area (Å²) in [7, 11) is 1.63. The van der Waals surface area contributed by atoms with Gasteiger partial charge in [0.05, 0.1) is 29.9 Å². The highest BCUT2D eigenvalue weighted by atomic mass is 32.2. The summed E-state index contributed by atoms with van der Waals surface area (Å²) < 4.78 is 5.20. The number of nitrogens with one attached hydrogen (secondary N) is 2. The number of fused-ring (bicyclic) bond motifs is 1. The summed E-state index contributed by atoms with van der Waals surface area (Å²) in [6.07, 6.45) is 0. The number of rotatable bonds is 6. The van der Waals surface area contributed by atoms with Gasteiger partial charge in [-0.25, -0.2) is 4.98 Å². The molecule has 24 heavy (non-hydrogen) atoms. The van der Waals surface area contributed by atoms with Crippen molar-refractivity contribution in [1.82, 2.24) is 15.3 Å². The van der Waals surface area contributed by atoms with E-state index in [9.17, 15) is 4.79 Å². The first-order valence-electron chi connectivity index (χ1n) is 7.66. The van der Waals surface area contributed by atoms with Gasteiger partial charge >= 0.3 is 0 Å². The van der Waals surface area contributed by atoms with Crippen molar-refractivity contribution in [2.45, 2.75) is 18.1 Å². The van der Waals surface area contributed by atoms with Crippen LogP contribution in [0.1, 0.15) is 18.5 Å². The zero-order valence-corrected chi connectivity index (χ0v) is 14.4. The van der Waals surface area contributed by atoms with Gasteiger partial charge in [-0.05, 0) is 24.6 Å². The van der Waals surface area contributed by atoms with E-state index in [0.717, 1.165) is 27.5 Å². The summed E-state index contributed by atoms with van der Waals surface area (Å²) in [6, 6.07) is 15.5. The number of imidazole rings is 1. The summed E-state index contributed by atoms with van der Waals surface area (Å²) >= 11 is 1.39. The van der Waals surface area contributed by atoms with E-state index in [4.69, 9.17) is 4.74 Å². The molecule has 2 N–H and O–H groups in total. The highest BCUT2D eigenvalue weighted by Gasteiger charge is 2.11. The van der Waals surface area contributed by atoms with Gasteiger partial charge in [0.15, 0.2) is 5.16 Å². The third kappa shape index (κ3) is 3.89. The number of methoxy groups -OCH3 is 1. The number of carbonyl (C=O) groups is 1. The van der Waals surface area contributed by atoms with Gasteiger partial charge in [0.25, 0.3) is 0 Å². The van der Waals surface area contributed by atoms with Crippen molar-refractivity contribution in [3.8, 4) is 5.75 Å². The van der Waals surface area contributed by atoms with Crippen LogP contribution in [0, 0.1) is 0 Å². The number of benzene rings is 2. The van der Waals surface area contributed by atoms with E-state index in [0.29, 0.717) is 5.75 Å². The summed E-state index contributed by atoms with van der Waals surface area (Å²) in [6.45, 7) is 1.98. The number of amides is 1. The molecule has 0 saturated carbocycles. The fraction of sp³-hybridized carbons (Fsp3) is 0.222. The molecule has 1 atom stereocenters. The average molecular weight is 341 g/mol. The third-order valence-electron chi connectivity index (χ3n) is 3.68. The fourth-order valence-corrected chi connectivity index (χ4v) is 3.10. The van der Waals surface area contributed by atoms with E-state index >= 15 is 0 Å². The quantitative estimate of drug-likeness (QED) is 0.673. The molecule has 5 nitrogen and oxygen atoms in total. The van der Waals surface area contributed by atoms with E-state index in [-0.39, 0.29) is 11.9 Å². The zero-order chi connectivity index (χ0) is 16.9. The number of aromatic nitrogens is 2. The van der Waals surface area contributed by atoms with Crippen LogP contribution >= 0.6 is 11.8 Å². The highest BCUT2D eigenvalue weighted by Crippen LogP contribution is 2.23. The van der Waals surface area contributed by atoms with Gasteiger partial charge in [-0.1, -0.05) is 42.1 Å². The van der Waals surface area contributed by atoms with Gasteiger partial charge < -0.3 is 15.0 Å². The lowest BCUT2D eigenvalue weighted by Crippen LogP contribution is -2.28. The lowest BCUT2D eigenvalue weighted by atomic mass is 10.1. The van der Waals surface area contributed by atoms with Gasteiger partial charge in [-0.3, -0.25) is 4.79 Å². The number of thioether (sulfide) groups is 1. The van der Waals surface area contributed by atoms with Crippen LogP contribution in [-0.2, 0) is 4.79 Å². The van der Waals surface area contributed by atoms with Crippen molar-refractivity contribution < 1.29 is 9.53 Å². The van der Waals surface area contributed by atoms with Crippen LogP contribution in [0.2, 0.25) is 0 Å². The molecule has 1 aromatic heterocycles. The second-order valence-corrected chi connectivity index (χ2v) is 6.38. The Labute approximate surface area is 144 Å². The van der Waals surface area contributed by atoms with Gasteiger partial charge in [0, 0.05) is 6.07 Å². The Morgan fingerprint density at radius 2 is 2.08 bits per heavy atom. The van der Waals surface area contributed by atoms with Crippen LogP contribution in [0.15, 0.2) is 53.7 Å². The second-order valence-electron chi connectivity index (χ2n) is 5.41. The van der Waals surface area contributed by atoms with Crippen LogP contribution in [0.5, 0.6) is 5.75 Å². The van der Waals surface area contributed by atoms with Crippen molar-refractivity contribution in [2.75, 3.05) is 12.9 Å². The maximum absolute atomic E-state index is 12.1. The Bertz CT molecular complexity index is 833. The van der Waals surface area contributed by atoms with Gasteiger partial charge in [0.1, 0.15) is 5.75 Å². The molecule has 3 aromatic rings. The van der Waals surface area contributed by atoms with Gasteiger partial charge in [-0.2, -0.15) is 0 Å². The molecule has 0 aliphatic heterocycles. The first-order chi connectivity index (χ1) is 11.7. The molecular weight excluding hydrogens is 322 g/mol. The average Bonchev–Trinajstić information content (AvgIpc) is 3.02. The summed E-state index contributed by atoms with van der Waals surface area (Å²) in [5.74, 6) is 1.07. The monoisotopic (exact) mass is 341 g/mol. The molecule has 1 heterocycles. The Hall–Kier alpha value is -2.47. The zero-order valence-electron chi connectivity index (χ0n) is 13.6. The minimum Gasteiger partial charge on any atom is -0.497 e. The largest absolute Gasteiger partial charge is 0.497 e. The molecule has 124 valence electrons. The molecule has 2 aromatic carbocycles. The number of carbonyl (C=O) groups excluding carboxylic acids is 1. The summed E-state index contributed by atoms with van der Waals surface area (Å²) in [5, 5.41) is 3.72. The van der Waals surface area contributed by atoms with Crippen LogP contribution in [0.4, 0.5) is 0 Å². The summed E-state index contributed by atoms with van der Waals surface area (Å²) in [4.78, 5) is 19.8. The topological polar surface area (TPSA) is 67.0 Å². The third-order valence-corrected chi connectivity index (χ3v) is 4.56. The number of H-pyrrole nitrogens is 1. The smallest absolute Gasteiger partial charge is 0.230 e.